The summed E-state index contributed by atoms with van der Waals surface area (Å²) in [6.45, 7) is 4.25. The molecule has 1 aromatic carbocycles. The van der Waals surface area contributed by atoms with Crippen LogP contribution in [0.3, 0.4) is 0 Å². The summed E-state index contributed by atoms with van der Waals surface area (Å²) in [5.74, 6) is 0.728. The highest BCUT2D eigenvalue weighted by atomic mass is 32.2. The van der Waals surface area contributed by atoms with E-state index in [2.05, 4.69) is 20.8 Å². The third-order valence-electron chi connectivity index (χ3n) is 2.47. The van der Waals surface area contributed by atoms with Gasteiger partial charge in [0.05, 0.1) is 5.71 Å². The summed E-state index contributed by atoms with van der Waals surface area (Å²) >= 11 is 1.64. The van der Waals surface area contributed by atoms with Gasteiger partial charge in [-0.05, 0) is 24.6 Å². The van der Waals surface area contributed by atoms with Gasteiger partial charge in [-0.2, -0.15) is 5.10 Å². The first-order chi connectivity index (χ1) is 9.19. The van der Waals surface area contributed by atoms with E-state index in [1.807, 2.05) is 31.2 Å². The summed E-state index contributed by atoms with van der Waals surface area (Å²) in [5.41, 5.74) is 5.77. The molecule has 0 saturated heterocycles. The summed E-state index contributed by atoms with van der Waals surface area (Å²) in [7, 11) is 0. The lowest BCUT2D eigenvalue weighted by atomic mass is 10.1. The predicted molar refractivity (Wildman–Crippen MR) is 80.9 cm³/mol. The first-order valence-electron chi connectivity index (χ1n) is 6.07. The molecule has 0 atom stereocenters. The zero-order valence-electron chi connectivity index (χ0n) is 10.9. The minimum atomic E-state index is -0.0691. The number of aliphatic imine (C=N–C) groups is 1. The van der Waals surface area contributed by atoms with Crippen LogP contribution >= 0.6 is 11.8 Å². The van der Waals surface area contributed by atoms with Crippen molar-refractivity contribution in [1.29, 1.82) is 0 Å². The zero-order chi connectivity index (χ0) is 13.7. The minimum absolute atomic E-state index is 0.0691. The van der Waals surface area contributed by atoms with Gasteiger partial charge < -0.3 is 5.32 Å². The molecule has 5 nitrogen and oxygen atoms in total. The molecule has 0 radical (unpaired) electrons. The van der Waals surface area contributed by atoms with Gasteiger partial charge in [0.2, 0.25) is 5.91 Å². The number of hydrazone groups is 1. The largest absolute Gasteiger partial charge is 0.326 e. The molecule has 0 aliphatic carbocycles. The van der Waals surface area contributed by atoms with Crippen molar-refractivity contribution in [3.63, 3.8) is 0 Å². The van der Waals surface area contributed by atoms with Crippen LogP contribution in [-0.4, -0.2) is 29.1 Å². The highest BCUT2D eigenvalue weighted by molar-refractivity contribution is 8.14. The van der Waals surface area contributed by atoms with E-state index >= 15 is 0 Å². The Morgan fingerprint density at radius 2 is 2.21 bits per heavy atom. The average Bonchev–Trinajstić information content (AvgIpc) is 2.40. The third kappa shape index (κ3) is 3.82. The number of rotatable bonds is 3. The van der Waals surface area contributed by atoms with E-state index in [1.54, 1.807) is 11.8 Å². The fourth-order valence-corrected chi connectivity index (χ4v) is 2.47. The Hall–Kier alpha value is -1.82. The second-order valence-electron chi connectivity index (χ2n) is 4.00. The van der Waals surface area contributed by atoms with Crippen molar-refractivity contribution < 1.29 is 4.79 Å². The molecule has 0 saturated carbocycles. The number of amidine groups is 1. The van der Waals surface area contributed by atoms with Crippen LogP contribution < -0.4 is 10.7 Å². The van der Waals surface area contributed by atoms with Crippen molar-refractivity contribution in [2.45, 2.75) is 13.8 Å². The molecule has 6 heteroatoms. The fourth-order valence-electron chi connectivity index (χ4n) is 1.64. The zero-order valence-corrected chi connectivity index (χ0v) is 11.8. The van der Waals surface area contributed by atoms with Crippen molar-refractivity contribution in [3.05, 3.63) is 29.8 Å². The average molecular weight is 276 g/mol. The Morgan fingerprint density at radius 1 is 1.47 bits per heavy atom. The molecule has 2 rings (SSSR count). The van der Waals surface area contributed by atoms with Crippen molar-refractivity contribution in [2.24, 2.45) is 10.1 Å². The summed E-state index contributed by atoms with van der Waals surface area (Å²) in [6.07, 6.45) is 0. The Bertz CT molecular complexity index is 522. The Morgan fingerprint density at radius 3 is 2.74 bits per heavy atom. The van der Waals surface area contributed by atoms with E-state index in [4.69, 9.17) is 0 Å². The highest BCUT2D eigenvalue weighted by Crippen LogP contribution is 2.16. The van der Waals surface area contributed by atoms with Gasteiger partial charge in [-0.3, -0.25) is 15.2 Å². The monoisotopic (exact) mass is 276 g/mol. The molecule has 100 valence electrons. The molecule has 2 N–H and O–H groups in total. The maximum atomic E-state index is 10.9. The molecule has 0 unspecified atom stereocenters. The van der Waals surface area contributed by atoms with Crippen LogP contribution in [-0.2, 0) is 4.79 Å². The van der Waals surface area contributed by atoms with Gasteiger partial charge in [-0.25, -0.2) is 0 Å². The van der Waals surface area contributed by atoms with Gasteiger partial charge >= 0.3 is 0 Å². The van der Waals surface area contributed by atoms with Gasteiger partial charge in [0, 0.05) is 24.9 Å². The molecule has 0 spiro atoms. The lowest BCUT2D eigenvalue weighted by Crippen LogP contribution is -2.25. The number of amides is 1. The van der Waals surface area contributed by atoms with Crippen LogP contribution in [0, 0.1) is 0 Å². The maximum Gasteiger partial charge on any atom is 0.221 e. The quantitative estimate of drug-likeness (QED) is 0.888. The number of benzene rings is 1. The van der Waals surface area contributed by atoms with Gasteiger partial charge in [-0.15, -0.1) is 0 Å². The Balaban J connectivity index is 2.07. The minimum Gasteiger partial charge on any atom is -0.326 e. The lowest BCUT2D eigenvalue weighted by Gasteiger charge is -2.14. The van der Waals surface area contributed by atoms with Crippen molar-refractivity contribution >= 4 is 34.2 Å². The lowest BCUT2D eigenvalue weighted by molar-refractivity contribution is -0.114. The molecule has 19 heavy (non-hydrogen) atoms. The second-order valence-corrected chi connectivity index (χ2v) is 4.96. The molecule has 0 bridgehead atoms. The number of anilines is 1. The van der Waals surface area contributed by atoms with Crippen LogP contribution in [0.2, 0.25) is 0 Å². The number of hydrogen-bond acceptors (Lipinski definition) is 4. The molecular weight excluding hydrogens is 260 g/mol. The SMILES string of the molecule is CCN=C1NN=C(c2ccc(NC(C)=O)cc2)CS1. The van der Waals surface area contributed by atoms with Crippen LogP contribution in [0.1, 0.15) is 19.4 Å². The second kappa shape index (κ2) is 6.38. The first kappa shape index (κ1) is 13.6. The van der Waals surface area contributed by atoms with E-state index in [0.29, 0.717) is 0 Å². The number of carbonyl (C=O) groups excluding carboxylic acids is 1. The summed E-state index contributed by atoms with van der Waals surface area (Å²) in [4.78, 5) is 15.2. The van der Waals surface area contributed by atoms with Crippen molar-refractivity contribution in [3.8, 4) is 0 Å². The normalized spacial score (nSPS) is 16.7. The van der Waals surface area contributed by atoms with E-state index < -0.39 is 0 Å². The molecule has 1 amide bonds. The Kier molecular flexibility index (Phi) is 4.57. The summed E-state index contributed by atoms with van der Waals surface area (Å²) in [6, 6.07) is 7.65. The van der Waals surface area contributed by atoms with Gasteiger partial charge in [0.1, 0.15) is 0 Å². The Labute approximate surface area is 116 Å². The predicted octanol–water partition coefficient (Wildman–Crippen LogP) is 2.06. The van der Waals surface area contributed by atoms with E-state index in [-0.39, 0.29) is 5.91 Å². The standard InChI is InChI=1S/C13H16N4OS/c1-3-14-13-17-16-12(8-19-13)10-4-6-11(7-5-10)15-9(2)18/h4-7H,3,8H2,1-2H3,(H,14,17)(H,15,18). The number of nitrogens with one attached hydrogen (secondary N) is 2. The molecular formula is C13H16N4OS. The third-order valence-corrected chi connectivity index (χ3v) is 3.38. The van der Waals surface area contributed by atoms with Crippen LogP contribution in [0.5, 0.6) is 0 Å². The number of hydrogen-bond donors (Lipinski definition) is 2. The number of carbonyl (C=O) groups is 1. The smallest absolute Gasteiger partial charge is 0.221 e. The fraction of sp³-hybridized carbons (Fsp3) is 0.308. The number of nitrogens with zero attached hydrogens (tertiary/aromatic N) is 2. The van der Waals surface area contributed by atoms with Gasteiger partial charge in [0.15, 0.2) is 5.17 Å². The number of thioether (sulfide) groups is 1. The highest BCUT2D eigenvalue weighted by Gasteiger charge is 2.12. The topological polar surface area (TPSA) is 65.8 Å². The maximum absolute atomic E-state index is 10.9. The van der Waals surface area contributed by atoms with E-state index in [9.17, 15) is 4.79 Å². The van der Waals surface area contributed by atoms with Gasteiger partial charge in [0.25, 0.3) is 0 Å². The summed E-state index contributed by atoms with van der Waals surface area (Å²) < 4.78 is 0. The molecule has 0 aromatic heterocycles. The summed E-state index contributed by atoms with van der Waals surface area (Å²) in [5, 5.41) is 7.92. The van der Waals surface area contributed by atoms with Crippen LogP contribution in [0.25, 0.3) is 0 Å². The van der Waals surface area contributed by atoms with E-state index in [1.165, 1.54) is 6.92 Å². The van der Waals surface area contributed by atoms with Gasteiger partial charge in [-0.1, -0.05) is 23.9 Å². The molecule has 1 aromatic rings. The van der Waals surface area contributed by atoms with Crippen molar-refractivity contribution in [2.75, 3.05) is 17.6 Å². The molecule has 1 aliphatic heterocycles. The van der Waals surface area contributed by atoms with Crippen LogP contribution in [0.15, 0.2) is 34.4 Å². The van der Waals surface area contributed by atoms with Crippen LogP contribution in [0.4, 0.5) is 5.69 Å². The molecule has 0 fully saturated rings. The van der Waals surface area contributed by atoms with E-state index in [0.717, 1.165) is 34.4 Å². The van der Waals surface area contributed by atoms with Crippen molar-refractivity contribution in [1.82, 2.24) is 5.43 Å². The first-order valence-corrected chi connectivity index (χ1v) is 7.05. The molecule has 1 aliphatic rings. The molecule has 1 heterocycles.